The Morgan fingerprint density at radius 2 is 2.40 bits per heavy atom. The topological polar surface area (TPSA) is 66.0 Å². The largest absolute Gasteiger partial charge is 0.481 e. The normalized spacial score (nSPS) is 10.2. The summed E-state index contributed by atoms with van der Waals surface area (Å²) in [5.41, 5.74) is 7.20. The average molecular weight is 204 g/mol. The lowest BCUT2D eigenvalue weighted by Crippen LogP contribution is -2.03. The van der Waals surface area contributed by atoms with E-state index in [1.54, 1.807) is 30.4 Å². The molecule has 2 aromatic heterocycles. The summed E-state index contributed by atoms with van der Waals surface area (Å²) in [6.07, 6.45) is 5.08. The predicted octanol–water partition coefficient (Wildman–Crippen LogP) is 0.917. The number of hydrogen-bond donors (Lipinski definition) is 1. The van der Waals surface area contributed by atoms with Crippen LogP contribution < -0.4 is 10.5 Å². The van der Waals surface area contributed by atoms with Crippen LogP contribution in [0, 0.1) is 0 Å². The summed E-state index contributed by atoms with van der Waals surface area (Å²) in [5.74, 6) is 0.617. The molecule has 0 aliphatic carbocycles. The van der Waals surface area contributed by atoms with Crippen LogP contribution in [0.15, 0.2) is 30.7 Å². The molecule has 5 heteroatoms. The number of nitrogens with zero attached hydrogens (tertiary/aromatic N) is 3. The maximum atomic E-state index is 5.57. The van der Waals surface area contributed by atoms with Gasteiger partial charge in [-0.05, 0) is 6.07 Å². The minimum Gasteiger partial charge on any atom is -0.481 e. The van der Waals surface area contributed by atoms with Gasteiger partial charge in [0.05, 0.1) is 25.5 Å². The Bertz CT molecular complexity index is 452. The molecule has 0 unspecified atom stereocenters. The smallest absolute Gasteiger partial charge is 0.218 e. The highest BCUT2D eigenvalue weighted by molar-refractivity contribution is 5.32. The third-order valence-corrected chi connectivity index (χ3v) is 2.03. The van der Waals surface area contributed by atoms with Crippen LogP contribution in [-0.2, 0) is 6.54 Å². The van der Waals surface area contributed by atoms with Crippen LogP contribution in [0.1, 0.15) is 5.56 Å². The molecular weight excluding hydrogens is 192 g/mol. The molecule has 0 aliphatic rings. The number of hydrogen-bond acceptors (Lipinski definition) is 4. The molecule has 0 atom stereocenters. The molecule has 2 heterocycles. The number of nitrogen functional groups attached to an aromatic ring is 1. The third-order valence-electron chi connectivity index (χ3n) is 2.03. The molecule has 0 aromatic carbocycles. The average Bonchev–Trinajstić information content (AvgIpc) is 2.65. The second-order valence-electron chi connectivity index (χ2n) is 3.14. The first-order valence-corrected chi connectivity index (χ1v) is 4.55. The molecule has 0 aliphatic heterocycles. The number of pyridine rings is 1. The van der Waals surface area contributed by atoms with Gasteiger partial charge >= 0.3 is 0 Å². The fraction of sp³-hybridized carbons (Fsp3) is 0.200. The van der Waals surface area contributed by atoms with Crippen LogP contribution in [0.25, 0.3) is 0 Å². The van der Waals surface area contributed by atoms with E-state index in [1.165, 1.54) is 0 Å². The number of methoxy groups -OCH3 is 1. The predicted molar refractivity (Wildman–Crippen MR) is 56.5 cm³/mol. The van der Waals surface area contributed by atoms with Crippen molar-refractivity contribution >= 4 is 5.69 Å². The first-order chi connectivity index (χ1) is 7.29. The number of aromatic nitrogens is 3. The molecule has 0 fully saturated rings. The highest BCUT2D eigenvalue weighted by Gasteiger charge is 2.04. The van der Waals surface area contributed by atoms with E-state index in [1.807, 2.05) is 12.1 Å². The van der Waals surface area contributed by atoms with Crippen LogP contribution in [0.2, 0.25) is 0 Å². The van der Waals surface area contributed by atoms with Crippen molar-refractivity contribution in [1.82, 2.24) is 14.8 Å². The molecule has 2 rings (SSSR count). The van der Waals surface area contributed by atoms with Crippen LogP contribution >= 0.6 is 0 Å². The van der Waals surface area contributed by atoms with E-state index in [2.05, 4.69) is 10.1 Å². The van der Waals surface area contributed by atoms with E-state index in [9.17, 15) is 0 Å². The summed E-state index contributed by atoms with van der Waals surface area (Å²) in [5, 5.41) is 4.09. The van der Waals surface area contributed by atoms with E-state index in [0.29, 0.717) is 18.1 Å². The third kappa shape index (κ3) is 2.07. The Morgan fingerprint density at radius 3 is 3.07 bits per heavy atom. The van der Waals surface area contributed by atoms with Crippen molar-refractivity contribution in [2.24, 2.45) is 0 Å². The SMILES string of the molecule is COc1ncccc1Cn1cc(N)cn1. The molecule has 0 amide bonds. The number of rotatable bonds is 3. The lowest BCUT2D eigenvalue weighted by atomic mass is 10.3. The molecule has 0 saturated carbocycles. The molecule has 5 nitrogen and oxygen atoms in total. The molecule has 0 spiro atoms. The second-order valence-corrected chi connectivity index (χ2v) is 3.14. The van der Waals surface area contributed by atoms with Gasteiger partial charge in [-0.3, -0.25) is 4.68 Å². The van der Waals surface area contributed by atoms with Crippen LogP contribution in [-0.4, -0.2) is 21.9 Å². The van der Waals surface area contributed by atoms with Crippen molar-refractivity contribution < 1.29 is 4.74 Å². The minimum absolute atomic E-state index is 0.605. The van der Waals surface area contributed by atoms with Gasteiger partial charge in [0.15, 0.2) is 0 Å². The lowest BCUT2D eigenvalue weighted by Gasteiger charge is -2.06. The van der Waals surface area contributed by atoms with Crippen LogP contribution in [0.4, 0.5) is 5.69 Å². The number of anilines is 1. The number of nitrogens with two attached hydrogens (primary N) is 1. The Labute approximate surface area is 87.5 Å². The van der Waals surface area contributed by atoms with Crippen molar-refractivity contribution in [1.29, 1.82) is 0 Å². The van der Waals surface area contributed by atoms with Crippen LogP contribution in [0.5, 0.6) is 5.88 Å². The Balaban J connectivity index is 2.23. The van der Waals surface area contributed by atoms with Gasteiger partial charge in [-0.1, -0.05) is 6.07 Å². The summed E-state index contributed by atoms with van der Waals surface area (Å²) < 4.78 is 6.89. The van der Waals surface area contributed by atoms with E-state index in [4.69, 9.17) is 10.5 Å². The monoisotopic (exact) mass is 204 g/mol. The van der Waals surface area contributed by atoms with Gasteiger partial charge in [0, 0.05) is 18.0 Å². The van der Waals surface area contributed by atoms with Crippen LogP contribution in [0.3, 0.4) is 0 Å². The zero-order valence-electron chi connectivity index (χ0n) is 8.42. The molecule has 0 bridgehead atoms. The minimum atomic E-state index is 0.605. The van der Waals surface area contributed by atoms with E-state index >= 15 is 0 Å². The van der Waals surface area contributed by atoms with Gasteiger partial charge in [-0.2, -0.15) is 5.10 Å². The maximum absolute atomic E-state index is 5.57. The Kier molecular flexibility index (Phi) is 2.53. The molecule has 15 heavy (non-hydrogen) atoms. The number of ether oxygens (including phenoxy) is 1. The lowest BCUT2D eigenvalue weighted by molar-refractivity contribution is 0.390. The van der Waals surface area contributed by atoms with E-state index in [-0.39, 0.29) is 0 Å². The zero-order valence-corrected chi connectivity index (χ0v) is 8.42. The first-order valence-electron chi connectivity index (χ1n) is 4.55. The maximum Gasteiger partial charge on any atom is 0.218 e. The Hall–Kier alpha value is -2.04. The molecule has 0 saturated heterocycles. The van der Waals surface area contributed by atoms with E-state index in [0.717, 1.165) is 5.56 Å². The second kappa shape index (κ2) is 4.00. The Morgan fingerprint density at radius 1 is 1.53 bits per heavy atom. The van der Waals surface area contributed by atoms with Gasteiger partial charge in [-0.25, -0.2) is 4.98 Å². The zero-order chi connectivity index (χ0) is 10.7. The van der Waals surface area contributed by atoms with E-state index < -0.39 is 0 Å². The van der Waals surface area contributed by atoms with Crippen molar-refractivity contribution in [3.8, 4) is 5.88 Å². The summed E-state index contributed by atoms with van der Waals surface area (Å²) in [7, 11) is 1.60. The molecule has 0 radical (unpaired) electrons. The summed E-state index contributed by atoms with van der Waals surface area (Å²) >= 11 is 0. The first kappa shape index (κ1) is 9.51. The summed E-state index contributed by atoms with van der Waals surface area (Å²) in [6.45, 7) is 0.605. The van der Waals surface area contributed by atoms with Gasteiger partial charge < -0.3 is 10.5 Å². The van der Waals surface area contributed by atoms with Crippen molar-refractivity contribution in [3.63, 3.8) is 0 Å². The van der Waals surface area contributed by atoms with Gasteiger partial charge in [0.1, 0.15) is 0 Å². The quantitative estimate of drug-likeness (QED) is 0.807. The highest BCUT2D eigenvalue weighted by Crippen LogP contribution is 2.15. The fourth-order valence-corrected chi connectivity index (χ4v) is 1.37. The summed E-state index contributed by atoms with van der Waals surface area (Å²) in [4.78, 5) is 4.11. The molecule has 2 aromatic rings. The van der Waals surface area contributed by atoms with Crippen molar-refractivity contribution in [3.05, 3.63) is 36.3 Å². The van der Waals surface area contributed by atoms with Gasteiger partial charge in [-0.15, -0.1) is 0 Å². The molecule has 78 valence electrons. The van der Waals surface area contributed by atoms with Crippen molar-refractivity contribution in [2.45, 2.75) is 6.54 Å². The molecular formula is C10H12N4O. The van der Waals surface area contributed by atoms with Crippen molar-refractivity contribution in [2.75, 3.05) is 12.8 Å². The molecule has 2 N–H and O–H groups in total. The highest BCUT2D eigenvalue weighted by atomic mass is 16.5. The fourth-order valence-electron chi connectivity index (χ4n) is 1.37. The van der Waals surface area contributed by atoms with Gasteiger partial charge in [0.25, 0.3) is 0 Å². The standard InChI is InChI=1S/C10H12N4O/c1-15-10-8(3-2-4-12-10)6-14-7-9(11)5-13-14/h2-5,7H,6,11H2,1H3. The van der Waals surface area contributed by atoms with Gasteiger partial charge in [0.2, 0.25) is 5.88 Å². The summed E-state index contributed by atoms with van der Waals surface area (Å²) in [6, 6.07) is 3.81.